The molecule has 2 aromatic rings. The first kappa shape index (κ1) is 12.0. The number of hydrogen-bond acceptors (Lipinski definition) is 2. The molecule has 0 aliphatic rings. The first-order valence-corrected chi connectivity index (χ1v) is 5.43. The quantitative estimate of drug-likeness (QED) is 0.661. The van der Waals surface area contributed by atoms with E-state index in [1.54, 1.807) is 30.3 Å². The summed E-state index contributed by atoms with van der Waals surface area (Å²) in [4.78, 5) is 11.8. The first-order valence-electron chi connectivity index (χ1n) is 5.43. The van der Waals surface area contributed by atoms with Crippen molar-refractivity contribution in [3.05, 3.63) is 71.6 Å². The highest BCUT2D eigenvalue weighted by Crippen LogP contribution is 2.13. The van der Waals surface area contributed by atoms with Crippen molar-refractivity contribution in [3.63, 3.8) is 0 Å². The van der Waals surface area contributed by atoms with Gasteiger partial charge in [-0.2, -0.15) is 0 Å². The van der Waals surface area contributed by atoms with Crippen LogP contribution in [-0.2, 0) is 0 Å². The minimum Gasteiger partial charge on any atom is -0.508 e. The van der Waals surface area contributed by atoms with Gasteiger partial charge in [-0.15, -0.1) is 0 Å². The van der Waals surface area contributed by atoms with E-state index in [0.717, 1.165) is 0 Å². The van der Waals surface area contributed by atoms with Gasteiger partial charge in [-0.05, 0) is 30.4 Å². The molecule has 90 valence electrons. The van der Waals surface area contributed by atoms with E-state index in [4.69, 9.17) is 0 Å². The van der Waals surface area contributed by atoms with Crippen molar-refractivity contribution >= 4 is 11.9 Å². The molecule has 0 atom stereocenters. The van der Waals surface area contributed by atoms with Crippen LogP contribution in [0.4, 0.5) is 4.39 Å². The lowest BCUT2D eigenvalue weighted by atomic mass is 10.1. The summed E-state index contributed by atoms with van der Waals surface area (Å²) in [6.45, 7) is 0. The van der Waals surface area contributed by atoms with Crippen LogP contribution in [0.5, 0.6) is 5.75 Å². The van der Waals surface area contributed by atoms with Crippen LogP contribution in [0.3, 0.4) is 0 Å². The second kappa shape index (κ2) is 5.27. The van der Waals surface area contributed by atoms with Crippen molar-refractivity contribution in [2.75, 3.05) is 0 Å². The van der Waals surface area contributed by atoms with Gasteiger partial charge in [-0.1, -0.05) is 30.3 Å². The predicted molar refractivity (Wildman–Crippen MR) is 67.9 cm³/mol. The summed E-state index contributed by atoms with van der Waals surface area (Å²) in [6.07, 6.45) is 2.70. The van der Waals surface area contributed by atoms with Crippen LogP contribution in [0.15, 0.2) is 54.6 Å². The number of phenolic OH excluding ortho intramolecular Hbond substituents is 1. The average Bonchev–Trinajstić information content (AvgIpc) is 2.37. The summed E-state index contributed by atoms with van der Waals surface area (Å²) >= 11 is 0. The Morgan fingerprint density at radius 2 is 1.89 bits per heavy atom. The van der Waals surface area contributed by atoms with Gasteiger partial charge in [0.05, 0.1) is 0 Å². The van der Waals surface area contributed by atoms with Crippen molar-refractivity contribution in [3.8, 4) is 5.75 Å². The smallest absolute Gasteiger partial charge is 0.185 e. The summed E-state index contributed by atoms with van der Waals surface area (Å²) in [5.74, 6) is -0.633. The standard InChI is InChI=1S/C15H11FO2/c16-14-7-2-1-4-11(14)8-9-15(18)12-5-3-6-13(17)10-12/h1-10,17H/b9-8+. The van der Waals surface area contributed by atoms with E-state index >= 15 is 0 Å². The summed E-state index contributed by atoms with van der Waals surface area (Å²) in [5, 5.41) is 9.26. The maximum atomic E-state index is 13.3. The molecule has 1 N–H and O–H groups in total. The molecule has 0 fully saturated rings. The average molecular weight is 242 g/mol. The Hall–Kier alpha value is -2.42. The highest BCUT2D eigenvalue weighted by molar-refractivity contribution is 6.07. The lowest BCUT2D eigenvalue weighted by Gasteiger charge is -1.97. The van der Waals surface area contributed by atoms with Gasteiger partial charge in [0, 0.05) is 11.1 Å². The fraction of sp³-hybridized carbons (Fsp3) is 0. The summed E-state index contributed by atoms with van der Waals surface area (Å²) < 4.78 is 13.3. The van der Waals surface area contributed by atoms with Gasteiger partial charge in [0.15, 0.2) is 5.78 Å². The number of rotatable bonds is 3. The second-order valence-electron chi connectivity index (χ2n) is 3.77. The van der Waals surface area contributed by atoms with Crippen molar-refractivity contribution in [2.45, 2.75) is 0 Å². The van der Waals surface area contributed by atoms with Gasteiger partial charge in [0.2, 0.25) is 0 Å². The normalized spacial score (nSPS) is 10.7. The molecule has 0 amide bonds. The van der Waals surface area contributed by atoms with E-state index in [2.05, 4.69) is 0 Å². The maximum absolute atomic E-state index is 13.3. The van der Waals surface area contributed by atoms with E-state index in [9.17, 15) is 14.3 Å². The number of phenols is 1. The van der Waals surface area contributed by atoms with E-state index in [1.807, 2.05) is 0 Å². The number of ketones is 1. The molecule has 0 heterocycles. The second-order valence-corrected chi connectivity index (χ2v) is 3.77. The van der Waals surface area contributed by atoms with Crippen LogP contribution in [0.2, 0.25) is 0 Å². The Balaban J connectivity index is 2.20. The molecular formula is C15H11FO2. The van der Waals surface area contributed by atoms with Crippen molar-refractivity contribution < 1.29 is 14.3 Å². The third-order valence-electron chi connectivity index (χ3n) is 2.45. The van der Waals surface area contributed by atoms with E-state index in [-0.39, 0.29) is 17.3 Å². The minimum absolute atomic E-state index is 0.0279. The van der Waals surface area contributed by atoms with Crippen LogP contribution in [-0.4, -0.2) is 10.9 Å². The molecule has 0 aliphatic heterocycles. The van der Waals surface area contributed by atoms with Gasteiger partial charge < -0.3 is 5.11 Å². The highest BCUT2D eigenvalue weighted by atomic mass is 19.1. The van der Waals surface area contributed by atoms with E-state index < -0.39 is 0 Å². The van der Waals surface area contributed by atoms with Crippen molar-refractivity contribution in [1.29, 1.82) is 0 Å². The molecule has 0 radical (unpaired) electrons. The molecule has 3 heteroatoms. The Kier molecular flexibility index (Phi) is 3.53. The molecule has 2 aromatic carbocycles. The number of allylic oxidation sites excluding steroid dienone is 1. The Morgan fingerprint density at radius 3 is 2.61 bits per heavy atom. The predicted octanol–water partition coefficient (Wildman–Crippen LogP) is 3.43. The van der Waals surface area contributed by atoms with Crippen LogP contribution in [0, 0.1) is 5.82 Å². The number of halogens is 1. The zero-order valence-electron chi connectivity index (χ0n) is 9.51. The minimum atomic E-state index is -0.377. The molecule has 0 saturated carbocycles. The Labute approximate surface area is 104 Å². The molecule has 0 saturated heterocycles. The number of aromatic hydroxyl groups is 1. The lowest BCUT2D eigenvalue weighted by molar-refractivity contribution is 0.104. The van der Waals surface area contributed by atoms with Crippen LogP contribution >= 0.6 is 0 Å². The summed E-state index contributed by atoms with van der Waals surface area (Å²) in [7, 11) is 0. The Morgan fingerprint density at radius 1 is 1.11 bits per heavy atom. The number of benzene rings is 2. The molecule has 0 unspecified atom stereocenters. The number of hydrogen-bond donors (Lipinski definition) is 1. The van der Waals surface area contributed by atoms with E-state index in [1.165, 1.54) is 30.4 Å². The fourth-order valence-corrected chi connectivity index (χ4v) is 1.53. The zero-order chi connectivity index (χ0) is 13.0. The van der Waals surface area contributed by atoms with Crippen molar-refractivity contribution in [2.24, 2.45) is 0 Å². The van der Waals surface area contributed by atoms with Crippen LogP contribution in [0.1, 0.15) is 15.9 Å². The van der Waals surface area contributed by atoms with Gasteiger partial charge in [0.25, 0.3) is 0 Å². The SMILES string of the molecule is O=C(/C=C/c1ccccc1F)c1cccc(O)c1. The summed E-state index contributed by atoms with van der Waals surface area (Å²) in [5.41, 5.74) is 0.716. The highest BCUT2D eigenvalue weighted by Gasteiger charge is 2.03. The molecule has 0 aromatic heterocycles. The van der Waals surface area contributed by atoms with Gasteiger partial charge in [0.1, 0.15) is 11.6 Å². The molecular weight excluding hydrogens is 231 g/mol. The third kappa shape index (κ3) is 2.83. The van der Waals surface area contributed by atoms with Crippen LogP contribution in [0.25, 0.3) is 6.08 Å². The fourth-order valence-electron chi connectivity index (χ4n) is 1.53. The first-order chi connectivity index (χ1) is 8.66. The summed E-state index contributed by atoms with van der Waals surface area (Å²) in [6, 6.07) is 12.2. The topological polar surface area (TPSA) is 37.3 Å². The Bertz CT molecular complexity index is 603. The molecule has 0 aliphatic carbocycles. The van der Waals surface area contributed by atoms with Gasteiger partial charge in [-0.25, -0.2) is 4.39 Å². The maximum Gasteiger partial charge on any atom is 0.185 e. The molecule has 0 bridgehead atoms. The molecule has 18 heavy (non-hydrogen) atoms. The van der Waals surface area contributed by atoms with Gasteiger partial charge >= 0.3 is 0 Å². The number of carbonyl (C=O) groups excluding carboxylic acids is 1. The third-order valence-corrected chi connectivity index (χ3v) is 2.45. The largest absolute Gasteiger partial charge is 0.508 e. The molecule has 2 nitrogen and oxygen atoms in total. The number of carbonyl (C=O) groups is 1. The zero-order valence-corrected chi connectivity index (χ0v) is 9.51. The molecule has 2 rings (SSSR count). The van der Waals surface area contributed by atoms with Crippen molar-refractivity contribution in [1.82, 2.24) is 0 Å². The lowest BCUT2D eigenvalue weighted by Crippen LogP contribution is -1.93. The molecule has 0 spiro atoms. The van der Waals surface area contributed by atoms with Gasteiger partial charge in [-0.3, -0.25) is 4.79 Å². The van der Waals surface area contributed by atoms with E-state index in [0.29, 0.717) is 11.1 Å². The van der Waals surface area contributed by atoms with Crippen LogP contribution < -0.4 is 0 Å². The monoisotopic (exact) mass is 242 g/mol.